The van der Waals surface area contributed by atoms with Gasteiger partial charge in [-0.3, -0.25) is 0 Å². The van der Waals surface area contributed by atoms with Gasteiger partial charge >= 0.3 is 0 Å². The molecule has 0 saturated carbocycles. The molecule has 1 saturated heterocycles. The van der Waals surface area contributed by atoms with E-state index in [0.717, 1.165) is 0 Å². The largest absolute Gasteiger partial charge is 0.329 e. The van der Waals surface area contributed by atoms with Crippen molar-refractivity contribution in [3.05, 3.63) is 30.3 Å². The zero-order valence-corrected chi connectivity index (χ0v) is 10.4. The van der Waals surface area contributed by atoms with Crippen LogP contribution in [0.4, 0.5) is 0 Å². The van der Waals surface area contributed by atoms with Gasteiger partial charge in [0.05, 0.1) is 4.90 Å². The molecule has 0 amide bonds. The van der Waals surface area contributed by atoms with Crippen LogP contribution in [-0.4, -0.2) is 44.9 Å². The van der Waals surface area contributed by atoms with Gasteiger partial charge in [-0.15, -0.1) is 0 Å². The van der Waals surface area contributed by atoms with Crippen molar-refractivity contribution in [1.82, 2.24) is 9.62 Å². The van der Waals surface area contributed by atoms with Crippen LogP contribution in [0, 0.1) is 0 Å². The number of nitrogens with two attached hydrogens (primary N) is 1. The molecule has 5 nitrogen and oxygen atoms in total. The second kappa shape index (κ2) is 5.14. The summed E-state index contributed by atoms with van der Waals surface area (Å²) < 4.78 is 26.3. The quantitative estimate of drug-likeness (QED) is 0.771. The van der Waals surface area contributed by atoms with E-state index in [9.17, 15) is 8.42 Å². The maximum atomic E-state index is 12.4. The summed E-state index contributed by atoms with van der Waals surface area (Å²) in [5.41, 5.74) is 5.62. The van der Waals surface area contributed by atoms with E-state index in [4.69, 9.17) is 5.73 Å². The SMILES string of the molecule is NCC1CNCCN1S(=O)(=O)c1ccccc1. The molecule has 17 heavy (non-hydrogen) atoms. The molecule has 1 aliphatic rings. The fourth-order valence-corrected chi connectivity index (χ4v) is 3.64. The highest BCUT2D eigenvalue weighted by atomic mass is 32.2. The maximum Gasteiger partial charge on any atom is 0.243 e. The Kier molecular flexibility index (Phi) is 3.78. The van der Waals surface area contributed by atoms with Gasteiger partial charge in [-0.1, -0.05) is 18.2 Å². The summed E-state index contributed by atoms with van der Waals surface area (Å²) in [6.45, 7) is 2.09. The van der Waals surface area contributed by atoms with Crippen LogP contribution in [0.15, 0.2) is 35.2 Å². The Labute approximate surface area is 102 Å². The van der Waals surface area contributed by atoms with Crippen molar-refractivity contribution in [3.63, 3.8) is 0 Å². The molecule has 1 fully saturated rings. The second-order valence-electron chi connectivity index (χ2n) is 4.02. The van der Waals surface area contributed by atoms with Gasteiger partial charge in [-0.2, -0.15) is 4.31 Å². The van der Waals surface area contributed by atoms with Crippen LogP contribution in [-0.2, 0) is 10.0 Å². The highest BCUT2D eigenvalue weighted by molar-refractivity contribution is 7.89. The van der Waals surface area contributed by atoms with Crippen LogP contribution >= 0.6 is 0 Å². The molecular formula is C11H17N3O2S. The number of benzene rings is 1. The van der Waals surface area contributed by atoms with Crippen molar-refractivity contribution in [3.8, 4) is 0 Å². The van der Waals surface area contributed by atoms with Crippen LogP contribution in [0.25, 0.3) is 0 Å². The molecule has 0 radical (unpaired) electrons. The fraction of sp³-hybridized carbons (Fsp3) is 0.455. The second-order valence-corrected chi connectivity index (χ2v) is 5.91. The van der Waals surface area contributed by atoms with Crippen molar-refractivity contribution in [2.45, 2.75) is 10.9 Å². The fourth-order valence-electron chi connectivity index (χ4n) is 1.99. The van der Waals surface area contributed by atoms with Crippen molar-refractivity contribution < 1.29 is 8.42 Å². The summed E-state index contributed by atoms with van der Waals surface area (Å²) in [7, 11) is -3.41. The molecule has 1 aromatic rings. The number of sulfonamides is 1. The number of piperazine rings is 1. The Hall–Kier alpha value is -0.950. The summed E-state index contributed by atoms with van der Waals surface area (Å²) in [6, 6.07) is 8.33. The minimum Gasteiger partial charge on any atom is -0.329 e. The smallest absolute Gasteiger partial charge is 0.243 e. The van der Waals surface area contributed by atoms with E-state index >= 15 is 0 Å². The van der Waals surface area contributed by atoms with E-state index in [0.29, 0.717) is 31.1 Å². The third kappa shape index (κ3) is 2.50. The van der Waals surface area contributed by atoms with E-state index < -0.39 is 10.0 Å². The Morgan fingerprint density at radius 3 is 2.71 bits per heavy atom. The lowest BCUT2D eigenvalue weighted by molar-refractivity contribution is 0.272. The lowest BCUT2D eigenvalue weighted by Crippen LogP contribution is -2.56. The molecule has 94 valence electrons. The normalized spacial score (nSPS) is 22.5. The highest BCUT2D eigenvalue weighted by Crippen LogP contribution is 2.18. The molecule has 1 unspecified atom stereocenters. The Bertz CT molecular complexity index is 461. The van der Waals surface area contributed by atoms with E-state index in [2.05, 4.69) is 5.32 Å². The van der Waals surface area contributed by atoms with Crippen LogP contribution in [0.1, 0.15) is 0 Å². The maximum absolute atomic E-state index is 12.4. The summed E-state index contributed by atoms with van der Waals surface area (Å²) in [4.78, 5) is 0.334. The average molecular weight is 255 g/mol. The third-order valence-electron chi connectivity index (χ3n) is 2.92. The van der Waals surface area contributed by atoms with Crippen molar-refractivity contribution in [1.29, 1.82) is 0 Å². The lowest BCUT2D eigenvalue weighted by Gasteiger charge is -2.34. The predicted molar refractivity (Wildman–Crippen MR) is 66.0 cm³/mol. The molecular weight excluding hydrogens is 238 g/mol. The standard InChI is InChI=1S/C11H17N3O2S/c12-8-10-9-13-6-7-14(10)17(15,16)11-4-2-1-3-5-11/h1-5,10,13H,6-9,12H2. The number of hydrogen-bond acceptors (Lipinski definition) is 4. The monoisotopic (exact) mass is 255 g/mol. The third-order valence-corrected chi connectivity index (χ3v) is 4.88. The molecule has 2 rings (SSSR count). The molecule has 1 heterocycles. The van der Waals surface area contributed by atoms with E-state index in [1.165, 1.54) is 4.31 Å². The molecule has 0 aliphatic carbocycles. The van der Waals surface area contributed by atoms with E-state index in [1.54, 1.807) is 30.3 Å². The first-order chi connectivity index (χ1) is 8.16. The minimum atomic E-state index is -3.41. The summed E-state index contributed by atoms with van der Waals surface area (Å²) in [5, 5.41) is 3.15. The highest BCUT2D eigenvalue weighted by Gasteiger charge is 2.32. The number of rotatable bonds is 3. The average Bonchev–Trinajstić information content (AvgIpc) is 2.39. The zero-order chi connectivity index (χ0) is 12.3. The molecule has 1 aromatic carbocycles. The van der Waals surface area contributed by atoms with Crippen LogP contribution in [0.5, 0.6) is 0 Å². The van der Waals surface area contributed by atoms with E-state index in [1.807, 2.05) is 0 Å². The van der Waals surface area contributed by atoms with Crippen molar-refractivity contribution in [2.24, 2.45) is 5.73 Å². The molecule has 1 atom stereocenters. The Balaban J connectivity index is 2.31. The molecule has 6 heteroatoms. The molecule has 0 aromatic heterocycles. The van der Waals surface area contributed by atoms with E-state index in [-0.39, 0.29) is 6.04 Å². The van der Waals surface area contributed by atoms with Gasteiger partial charge in [0.15, 0.2) is 0 Å². The van der Waals surface area contributed by atoms with Gasteiger partial charge in [0.2, 0.25) is 10.0 Å². The van der Waals surface area contributed by atoms with Gasteiger partial charge in [-0.05, 0) is 12.1 Å². The minimum absolute atomic E-state index is 0.158. The van der Waals surface area contributed by atoms with Crippen molar-refractivity contribution >= 4 is 10.0 Å². The first kappa shape index (κ1) is 12.5. The summed E-state index contributed by atoms with van der Waals surface area (Å²) in [5.74, 6) is 0. The first-order valence-electron chi connectivity index (χ1n) is 5.64. The number of nitrogens with zero attached hydrogens (tertiary/aromatic N) is 1. The number of nitrogens with one attached hydrogen (secondary N) is 1. The summed E-state index contributed by atoms with van der Waals surface area (Å²) in [6.07, 6.45) is 0. The van der Waals surface area contributed by atoms with Crippen molar-refractivity contribution in [2.75, 3.05) is 26.2 Å². The topological polar surface area (TPSA) is 75.4 Å². The molecule has 0 spiro atoms. The first-order valence-corrected chi connectivity index (χ1v) is 7.08. The zero-order valence-electron chi connectivity index (χ0n) is 9.54. The Morgan fingerprint density at radius 1 is 1.35 bits per heavy atom. The summed E-state index contributed by atoms with van der Waals surface area (Å²) >= 11 is 0. The molecule has 1 aliphatic heterocycles. The Morgan fingerprint density at radius 2 is 2.06 bits per heavy atom. The number of hydrogen-bond donors (Lipinski definition) is 2. The van der Waals surface area contributed by atoms with Crippen LogP contribution in [0.2, 0.25) is 0 Å². The van der Waals surface area contributed by atoms with Gasteiger partial charge in [0.1, 0.15) is 0 Å². The van der Waals surface area contributed by atoms with Gasteiger partial charge in [-0.25, -0.2) is 8.42 Å². The lowest BCUT2D eigenvalue weighted by atomic mass is 10.2. The molecule has 0 bridgehead atoms. The van der Waals surface area contributed by atoms with Crippen LogP contribution < -0.4 is 11.1 Å². The van der Waals surface area contributed by atoms with Gasteiger partial charge in [0.25, 0.3) is 0 Å². The van der Waals surface area contributed by atoms with Gasteiger partial charge < -0.3 is 11.1 Å². The predicted octanol–water partition coefficient (Wildman–Crippen LogP) is -0.392. The van der Waals surface area contributed by atoms with Crippen LogP contribution in [0.3, 0.4) is 0 Å². The molecule has 3 N–H and O–H groups in total. The van der Waals surface area contributed by atoms with Gasteiger partial charge in [0, 0.05) is 32.2 Å².